The van der Waals surface area contributed by atoms with Gasteiger partial charge in [0.15, 0.2) is 0 Å². The first-order valence-electron chi connectivity index (χ1n) is 8.64. The first kappa shape index (κ1) is 17.2. The maximum absolute atomic E-state index is 12.9. The smallest absolute Gasteiger partial charge is 0.416 e. The highest BCUT2D eigenvalue weighted by Crippen LogP contribution is 2.21. The van der Waals surface area contributed by atoms with E-state index in [1.165, 1.54) is 10.5 Å². The number of hydrogen-bond acceptors (Lipinski definition) is 3. The summed E-state index contributed by atoms with van der Waals surface area (Å²) in [7, 11) is 0. The number of imide groups is 1. The Hall–Kier alpha value is -2.62. The molecule has 4 nitrogen and oxygen atoms in total. The fourth-order valence-corrected chi connectivity index (χ4v) is 3.17. The van der Waals surface area contributed by atoms with Gasteiger partial charge in [0.1, 0.15) is 6.61 Å². The fraction of sp³-hybridized carbons (Fsp3) is 0.333. The Balaban J connectivity index is 1.69. The molecule has 2 aromatic carbocycles. The molecular weight excluding hydrogens is 314 g/mol. The Morgan fingerprint density at radius 2 is 1.80 bits per heavy atom. The van der Waals surface area contributed by atoms with Crippen molar-refractivity contribution in [2.75, 3.05) is 6.61 Å². The molecule has 25 heavy (non-hydrogen) atoms. The second kappa shape index (κ2) is 7.51. The van der Waals surface area contributed by atoms with Crippen molar-refractivity contribution in [3.05, 3.63) is 71.3 Å². The predicted octanol–water partition coefficient (Wildman–Crippen LogP) is 3.76. The lowest BCUT2D eigenvalue weighted by Crippen LogP contribution is -2.43. The number of ether oxygens (including phenoxy) is 1. The Labute approximate surface area is 148 Å². The van der Waals surface area contributed by atoms with Crippen molar-refractivity contribution in [3.63, 3.8) is 0 Å². The van der Waals surface area contributed by atoms with Gasteiger partial charge in [-0.15, -0.1) is 0 Å². The van der Waals surface area contributed by atoms with E-state index in [0.717, 1.165) is 11.1 Å². The lowest BCUT2D eigenvalue weighted by atomic mass is 9.98. The summed E-state index contributed by atoms with van der Waals surface area (Å²) in [6, 6.07) is 17.8. The van der Waals surface area contributed by atoms with E-state index in [0.29, 0.717) is 12.8 Å². The first-order valence-corrected chi connectivity index (χ1v) is 8.64. The summed E-state index contributed by atoms with van der Waals surface area (Å²) in [4.78, 5) is 26.3. The molecule has 2 atom stereocenters. The molecule has 0 spiro atoms. The standard InChI is InChI=1S/C21H23NO3/c1-15-8-10-18(11-9-15)12-16(2)20(23)22-19(14-25-21(22)24)13-17-6-4-3-5-7-17/h3-11,16,19H,12-14H2,1-2H3/t16-,19-/m0/s1. The highest BCUT2D eigenvalue weighted by Gasteiger charge is 2.39. The Morgan fingerprint density at radius 3 is 2.48 bits per heavy atom. The number of rotatable bonds is 5. The van der Waals surface area contributed by atoms with Crippen molar-refractivity contribution >= 4 is 12.0 Å². The molecule has 0 aliphatic carbocycles. The molecule has 1 aliphatic heterocycles. The Kier molecular flexibility index (Phi) is 5.17. The minimum Gasteiger partial charge on any atom is -0.447 e. The summed E-state index contributed by atoms with van der Waals surface area (Å²) in [6.45, 7) is 4.16. The van der Waals surface area contributed by atoms with E-state index >= 15 is 0 Å². The molecule has 1 heterocycles. The third kappa shape index (κ3) is 4.08. The quantitative estimate of drug-likeness (QED) is 0.834. The number of aryl methyl sites for hydroxylation is 1. The summed E-state index contributed by atoms with van der Waals surface area (Å²) in [5.41, 5.74) is 3.38. The summed E-state index contributed by atoms with van der Waals surface area (Å²) in [6.07, 6.45) is 0.706. The summed E-state index contributed by atoms with van der Waals surface area (Å²) < 4.78 is 5.15. The van der Waals surface area contributed by atoms with E-state index in [4.69, 9.17) is 4.74 Å². The first-order chi connectivity index (χ1) is 12.0. The number of carbonyl (C=O) groups excluding carboxylic acids is 2. The number of carbonyl (C=O) groups is 2. The molecule has 1 aliphatic rings. The van der Waals surface area contributed by atoms with Gasteiger partial charge in [-0.05, 0) is 30.9 Å². The van der Waals surface area contributed by atoms with Gasteiger partial charge in [0, 0.05) is 5.92 Å². The van der Waals surface area contributed by atoms with Gasteiger partial charge in [0.2, 0.25) is 5.91 Å². The molecule has 0 aromatic heterocycles. The third-order valence-corrected chi connectivity index (χ3v) is 4.60. The molecule has 0 radical (unpaired) electrons. The zero-order chi connectivity index (χ0) is 17.8. The van der Waals surface area contributed by atoms with Crippen LogP contribution in [-0.2, 0) is 22.4 Å². The van der Waals surface area contributed by atoms with E-state index in [2.05, 4.69) is 0 Å². The summed E-state index contributed by atoms with van der Waals surface area (Å²) in [5, 5.41) is 0. The SMILES string of the molecule is Cc1ccc(C[C@H](C)C(=O)N2C(=O)OC[C@@H]2Cc2ccccc2)cc1. The highest BCUT2D eigenvalue weighted by atomic mass is 16.6. The molecule has 3 rings (SSSR count). The van der Waals surface area contributed by atoms with Crippen LogP contribution in [0.15, 0.2) is 54.6 Å². The van der Waals surface area contributed by atoms with E-state index in [-0.39, 0.29) is 24.5 Å². The van der Waals surface area contributed by atoms with Gasteiger partial charge in [-0.25, -0.2) is 9.69 Å². The molecule has 4 heteroatoms. The maximum Gasteiger partial charge on any atom is 0.416 e. The molecule has 0 N–H and O–H groups in total. The number of nitrogens with zero attached hydrogens (tertiary/aromatic N) is 1. The highest BCUT2D eigenvalue weighted by molar-refractivity contribution is 5.94. The van der Waals surface area contributed by atoms with Crippen molar-refractivity contribution in [1.82, 2.24) is 4.90 Å². The average molecular weight is 337 g/mol. The third-order valence-electron chi connectivity index (χ3n) is 4.60. The zero-order valence-electron chi connectivity index (χ0n) is 14.6. The second-order valence-corrected chi connectivity index (χ2v) is 6.72. The number of amides is 2. The molecule has 0 bridgehead atoms. The Bertz CT molecular complexity index is 739. The molecule has 0 unspecified atom stereocenters. The van der Waals surface area contributed by atoms with Gasteiger partial charge in [-0.3, -0.25) is 4.79 Å². The maximum atomic E-state index is 12.9. The molecule has 1 fully saturated rings. The average Bonchev–Trinajstić information content (AvgIpc) is 2.97. The Morgan fingerprint density at radius 1 is 1.12 bits per heavy atom. The topological polar surface area (TPSA) is 46.6 Å². The van der Waals surface area contributed by atoms with Gasteiger partial charge in [0.25, 0.3) is 0 Å². The van der Waals surface area contributed by atoms with E-state index in [9.17, 15) is 9.59 Å². The van der Waals surface area contributed by atoms with Gasteiger partial charge in [-0.1, -0.05) is 67.1 Å². The molecule has 0 saturated carbocycles. The van der Waals surface area contributed by atoms with Crippen LogP contribution in [0.5, 0.6) is 0 Å². The van der Waals surface area contributed by atoms with E-state index in [1.54, 1.807) is 0 Å². The minimum atomic E-state index is -0.526. The molecule has 130 valence electrons. The van der Waals surface area contributed by atoms with Crippen molar-refractivity contribution in [2.45, 2.75) is 32.7 Å². The molecule has 2 aromatic rings. The van der Waals surface area contributed by atoms with Crippen LogP contribution < -0.4 is 0 Å². The van der Waals surface area contributed by atoms with E-state index in [1.807, 2.05) is 68.4 Å². The monoisotopic (exact) mass is 337 g/mol. The van der Waals surface area contributed by atoms with Crippen molar-refractivity contribution in [1.29, 1.82) is 0 Å². The molecule has 1 saturated heterocycles. The van der Waals surface area contributed by atoms with Crippen molar-refractivity contribution in [2.24, 2.45) is 5.92 Å². The number of hydrogen-bond donors (Lipinski definition) is 0. The molecule has 2 amide bonds. The zero-order valence-corrected chi connectivity index (χ0v) is 14.6. The summed E-state index contributed by atoms with van der Waals surface area (Å²) >= 11 is 0. The van der Waals surface area contributed by atoms with Crippen LogP contribution in [-0.4, -0.2) is 29.5 Å². The summed E-state index contributed by atoms with van der Waals surface area (Å²) in [5.74, 6) is -0.435. The molecular formula is C21H23NO3. The number of benzene rings is 2. The van der Waals surface area contributed by atoms with Crippen molar-refractivity contribution < 1.29 is 14.3 Å². The van der Waals surface area contributed by atoms with Gasteiger partial charge < -0.3 is 4.74 Å². The minimum absolute atomic E-state index is 0.163. The van der Waals surface area contributed by atoms with Crippen LogP contribution in [0.4, 0.5) is 4.79 Å². The van der Waals surface area contributed by atoms with Gasteiger partial charge >= 0.3 is 6.09 Å². The van der Waals surface area contributed by atoms with Crippen LogP contribution >= 0.6 is 0 Å². The lowest BCUT2D eigenvalue weighted by molar-refractivity contribution is -0.132. The van der Waals surface area contributed by atoms with Crippen LogP contribution in [0, 0.1) is 12.8 Å². The second-order valence-electron chi connectivity index (χ2n) is 6.72. The lowest BCUT2D eigenvalue weighted by Gasteiger charge is -2.23. The van der Waals surface area contributed by atoms with Crippen LogP contribution in [0.2, 0.25) is 0 Å². The van der Waals surface area contributed by atoms with Gasteiger partial charge in [0.05, 0.1) is 6.04 Å². The van der Waals surface area contributed by atoms with Gasteiger partial charge in [-0.2, -0.15) is 0 Å². The normalized spacial score (nSPS) is 18.1. The van der Waals surface area contributed by atoms with Crippen molar-refractivity contribution in [3.8, 4) is 0 Å². The van der Waals surface area contributed by atoms with Crippen LogP contribution in [0.25, 0.3) is 0 Å². The number of cyclic esters (lactones) is 1. The largest absolute Gasteiger partial charge is 0.447 e. The van der Waals surface area contributed by atoms with Crippen LogP contribution in [0.3, 0.4) is 0 Å². The fourth-order valence-electron chi connectivity index (χ4n) is 3.17. The van der Waals surface area contributed by atoms with E-state index < -0.39 is 6.09 Å². The predicted molar refractivity (Wildman–Crippen MR) is 96.2 cm³/mol. The van der Waals surface area contributed by atoms with Crippen LogP contribution in [0.1, 0.15) is 23.6 Å².